The number of oxime groups is 1. The number of hydrogen-bond donors (Lipinski definition) is 2. The number of nitrogens with zero attached hydrogens (tertiary/aromatic N) is 2. The third kappa shape index (κ3) is 2.88. The van der Waals surface area contributed by atoms with Crippen molar-refractivity contribution in [3.05, 3.63) is 0 Å². The molecule has 1 aliphatic heterocycles. The van der Waals surface area contributed by atoms with Crippen LogP contribution in [0.4, 0.5) is 0 Å². The Morgan fingerprint density at radius 2 is 1.81 bits per heavy atom. The molecule has 1 heterocycles. The molecule has 4 nitrogen and oxygen atoms in total. The Morgan fingerprint density at radius 3 is 2.38 bits per heavy atom. The SMILES string of the molecule is NC(=NO)C1CCN(CC2CCCC2)CC1. The first-order valence-electron chi connectivity index (χ1n) is 6.49. The van der Waals surface area contributed by atoms with Gasteiger partial charge < -0.3 is 15.8 Å². The molecule has 2 aliphatic rings. The maximum atomic E-state index is 8.63. The monoisotopic (exact) mass is 225 g/mol. The molecule has 2 rings (SSSR count). The summed E-state index contributed by atoms with van der Waals surface area (Å²) in [7, 11) is 0. The number of piperidine rings is 1. The van der Waals surface area contributed by atoms with E-state index in [4.69, 9.17) is 10.9 Å². The molecular formula is C12H23N3O. The third-order valence-electron chi connectivity index (χ3n) is 4.11. The molecule has 1 saturated heterocycles. The van der Waals surface area contributed by atoms with Gasteiger partial charge in [0.1, 0.15) is 5.84 Å². The van der Waals surface area contributed by atoms with Gasteiger partial charge in [-0.25, -0.2) is 0 Å². The van der Waals surface area contributed by atoms with E-state index in [-0.39, 0.29) is 0 Å². The van der Waals surface area contributed by atoms with Gasteiger partial charge in [-0.05, 0) is 44.7 Å². The van der Waals surface area contributed by atoms with Crippen molar-refractivity contribution in [1.29, 1.82) is 0 Å². The zero-order valence-electron chi connectivity index (χ0n) is 9.94. The second kappa shape index (κ2) is 5.53. The van der Waals surface area contributed by atoms with Crippen LogP contribution in [0.5, 0.6) is 0 Å². The van der Waals surface area contributed by atoms with Crippen molar-refractivity contribution in [2.45, 2.75) is 38.5 Å². The first-order chi connectivity index (χ1) is 7.79. The normalized spacial score (nSPS) is 26.4. The Balaban J connectivity index is 1.72. The van der Waals surface area contributed by atoms with E-state index in [0.29, 0.717) is 11.8 Å². The fraction of sp³-hybridized carbons (Fsp3) is 0.917. The van der Waals surface area contributed by atoms with Crippen LogP contribution >= 0.6 is 0 Å². The first kappa shape index (κ1) is 11.7. The molecule has 0 aromatic carbocycles. The van der Waals surface area contributed by atoms with Gasteiger partial charge in [0.05, 0.1) is 0 Å². The highest BCUT2D eigenvalue weighted by Crippen LogP contribution is 2.27. The van der Waals surface area contributed by atoms with Crippen molar-refractivity contribution in [3.63, 3.8) is 0 Å². The van der Waals surface area contributed by atoms with Crippen molar-refractivity contribution in [1.82, 2.24) is 4.90 Å². The summed E-state index contributed by atoms with van der Waals surface area (Å²) in [5, 5.41) is 11.7. The molecular weight excluding hydrogens is 202 g/mol. The van der Waals surface area contributed by atoms with Gasteiger partial charge in [-0.15, -0.1) is 0 Å². The zero-order valence-corrected chi connectivity index (χ0v) is 9.94. The molecule has 0 atom stereocenters. The second-order valence-corrected chi connectivity index (χ2v) is 5.25. The lowest BCUT2D eigenvalue weighted by molar-refractivity contribution is 0.179. The van der Waals surface area contributed by atoms with E-state index < -0.39 is 0 Å². The van der Waals surface area contributed by atoms with Gasteiger partial charge in [0, 0.05) is 12.5 Å². The summed E-state index contributed by atoms with van der Waals surface area (Å²) in [5.41, 5.74) is 5.64. The zero-order chi connectivity index (χ0) is 11.4. The van der Waals surface area contributed by atoms with Crippen molar-refractivity contribution < 1.29 is 5.21 Å². The summed E-state index contributed by atoms with van der Waals surface area (Å²) in [6, 6.07) is 0. The lowest BCUT2D eigenvalue weighted by Crippen LogP contribution is -2.40. The smallest absolute Gasteiger partial charge is 0.142 e. The summed E-state index contributed by atoms with van der Waals surface area (Å²) < 4.78 is 0. The van der Waals surface area contributed by atoms with E-state index in [1.165, 1.54) is 32.2 Å². The first-order valence-corrected chi connectivity index (χ1v) is 6.49. The fourth-order valence-electron chi connectivity index (χ4n) is 3.05. The predicted octanol–water partition coefficient (Wildman–Crippen LogP) is 1.63. The predicted molar refractivity (Wildman–Crippen MR) is 64.5 cm³/mol. The van der Waals surface area contributed by atoms with Gasteiger partial charge in [0.25, 0.3) is 0 Å². The Labute approximate surface area is 97.5 Å². The van der Waals surface area contributed by atoms with Gasteiger partial charge in [-0.2, -0.15) is 0 Å². The van der Waals surface area contributed by atoms with Crippen LogP contribution in [-0.2, 0) is 0 Å². The van der Waals surface area contributed by atoms with Crippen LogP contribution in [0, 0.1) is 11.8 Å². The summed E-state index contributed by atoms with van der Waals surface area (Å²) in [6.07, 6.45) is 7.77. The van der Waals surface area contributed by atoms with Crippen LogP contribution in [-0.4, -0.2) is 35.6 Å². The Hall–Kier alpha value is -0.770. The van der Waals surface area contributed by atoms with Crippen LogP contribution in [0.3, 0.4) is 0 Å². The molecule has 0 amide bonds. The number of nitrogens with two attached hydrogens (primary N) is 1. The average molecular weight is 225 g/mol. The number of rotatable bonds is 3. The third-order valence-corrected chi connectivity index (χ3v) is 4.11. The quantitative estimate of drug-likeness (QED) is 0.332. The van der Waals surface area contributed by atoms with E-state index in [1.807, 2.05) is 0 Å². The summed E-state index contributed by atoms with van der Waals surface area (Å²) >= 11 is 0. The minimum atomic E-state index is 0.296. The van der Waals surface area contributed by atoms with Crippen LogP contribution in [0.15, 0.2) is 5.16 Å². The molecule has 92 valence electrons. The number of amidine groups is 1. The van der Waals surface area contributed by atoms with E-state index in [1.54, 1.807) is 0 Å². The molecule has 4 heteroatoms. The van der Waals surface area contributed by atoms with Crippen LogP contribution in [0.1, 0.15) is 38.5 Å². The summed E-state index contributed by atoms with van der Waals surface area (Å²) in [6.45, 7) is 3.48. The molecule has 0 aromatic heterocycles. The molecule has 16 heavy (non-hydrogen) atoms. The molecule has 0 spiro atoms. The Morgan fingerprint density at radius 1 is 1.19 bits per heavy atom. The molecule has 1 saturated carbocycles. The molecule has 2 fully saturated rings. The molecule has 0 aromatic rings. The van der Waals surface area contributed by atoms with Gasteiger partial charge in [-0.1, -0.05) is 18.0 Å². The molecule has 0 bridgehead atoms. The van der Waals surface area contributed by atoms with Crippen molar-refractivity contribution in [2.75, 3.05) is 19.6 Å². The Bertz CT molecular complexity index is 241. The number of likely N-dealkylation sites (tertiary alicyclic amines) is 1. The molecule has 0 radical (unpaired) electrons. The number of hydrogen-bond acceptors (Lipinski definition) is 3. The van der Waals surface area contributed by atoms with E-state index >= 15 is 0 Å². The molecule has 1 aliphatic carbocycles. The molecule has 3 N–H and O–H groups in total. The summed E-state index contributed by atoms with van der Waals surface area (Å²) in [5.74, 6) is 1.64. The van der Waals surface area contributed by atoms with Crippen LogP contribution in [0.2, 0.25) is 0 Å². The highest BCUT2D eigenvalue weighted by Gasteiger charge is 2.25. The van der Waals surface area contributed by atoms with Crippen molar-refractivity contribution >= 4 is 5.84 Å². The standard InChI is InChI=1S/C12H23N3O/c13-12(14-16)11-5-7-15(8-6-11)9-10-3-1-2-4-10/h10-11,16H,1-9H2,(H2,13,14). The van der Waals surface area contributed by atoms with Gasteiger partial charge in [0.15, 0.2) is 0 Å². The topological polar surface area (TPSA) is 61.9 Å². The Kier molecular flexibility index (Phi) is 4.04. The molecule has 0 unspecified atom stereocenters. The average Bonchev–Trinajstić information content (AvgIpc) is 2.82. The largest absolute Gasteiger partial charge is 0.409 e. The fourth-order valence-corrected chi connectivity index (χ4v) is 3.05. The van der Waals surface area contributed by atoms with Crippen LogP contribution < -0.4 is 5.73 Å². The maximum Gasteiger partial charge on any atom is 0.142 e. The van der Waals surface area contributed by atoms with Gasteiger partial charge >= 0.3 is 0 Å². The highest BCUT2D eigenvalue weighted by molar-refractivity contribution is 5.82. The minimum absolute atomic E-state index is 0.296. The van der Waals surface area contributed by atoms with E-state index in [2.05, 4.69) is 10.1 Å². The van der Waals surface area contributed by atoms with E-state index in [0.717, 1.165) is 31.8 Å². The van der Waals surface area contributed by atoms with E-state index in [9.17, 15) is 0 Å². The minimum Gasteiger partial charge on any atom is -0.409 e. The highest BCUT2D eigenvalue weighted by atomic mass is 16.4. The van der Waals surface area contributed by atoms with Crippen molar-refractivity contribution in [3.8, 4) is 0 Å². The van der Waals surface area contributed by atoms with Crippen molar-refractivity contribution in [2.24, 2.45) is 22.7 Å². The van der Waals surface area contributed by atoms with Gasteiger partial charge in [-0.3, -0.25) is 0 Å². The lowest BCUT2D eigenvalue weighted by Gasteiger charge is -2.32. The maximum absolute atomic E-state index is 8.63. The van der Waals surface area contributed by atoms with Crippen LogP contribution in [0.25, 0.3) is 0 Å². The lowest BCUT2D eigenvalue weighted by atomic mass is 9.95. The second-order valence-electron chi connectivity index (χ2n) is 5.25. The summed E-state index contributed by atoms with van der Waals surface area (Å²) in [4.78, 5) is 2.55. The van der Waals surface area contributed by atoms with Gasteiger partial charge in [0.2, 0.25) is 0 Å².